The van der Waals surface area contributed by atoms with Crippen molar-refractivity contribution in [1.82, 2.24) is 9.97 Å². The molecule has 0 bridgehead atoms. The van der Waals surface area contributed by atoms with Crippen LogP contribution < -0.4 is 20.7 Å². The standard InChI is InChI=1S/C23H25N5O3/c1-2-31-23-21(26-18-7-3-4-8-19(18)27-23)28-13-5-6-16(14-28)22(30)25-17-11-9-15(10-12-17)20(24)29/h3-4,7-12,16H,2,5-6,13-14H2,1H3,(H2,24,29)(H,25,30)/t16-/m0/s1. The molecule has 2 aromatic carbocycles. The van der Waals surface area contributed by atoms with Crippen LogP contribution in [0.2, 0.25) is 0 Å². The minimum atomic E-state index is -0.498. The summed E-state index contributed by atoms with van der Waals surface area (Å²) in [4.78, 5) is 35.6. The molecule has 3 aromatic rings. The van der Waals surface area contributed by atoms with E-state index in [1.807, 2.05) is 31.2 Å². The maximum atomic E-state index is 12.9. The van der Waals surface area contributed by atoms with Gasteiger partial charge in [0.25, 0.3) is 5.88 Å². The van der Waals surface area contributed by atoms with Gasteiger partial charge in [0, 0.05) is 24.3 Å². The van der Waals surface area contributed by atoms with Crippen LogP contribution in [-0.2, 0) is 4.79 Å². The minimum Gasteiger partial charge on any atom is -0.475 e. The lowest BCUT2D eigenvalue weighted by Crippen LogP contribution is -2.41. The molecule has 1 aliphatic rings. The van der Waals surface area contributed by atoms with E-state index in [9.17, 15) is 9.59 Å². The Hall–Kier alpha value is -3.68. The number of rotatable bonds is 6. The summed E-state index contributed by atoms with van der Waals surface area (Å²) in [6, 6.07) is 14.2. The summed E-state index contributed by atoms with van der Waals surface area (Å²) < 4.78 is 5.77. The highest BCUT2D eigenvalue weighted by molar-refractivity contribution is 5.95. The minimum absolute atomic E-state index is 0.0665. The molecule has 2 amide bonds. The van der Waals surface area contributed by atoms with Crippen LogP contribution in [0.3, 0.4) is 0 Å². The van der Waals surface area contributed by atoms with Crippen molar-refractivity contribution in [3.8, 4) is 5.88 Å². The second-order valence-corrected chi connectivity index (χ2v) is 7.49. The van der Waals surface area contributed by atoms with E-state index in [-0.39, 0.29) is 11.8 Å². The number of hydrogen-bond donors (Lipinski definition) is 2. The molecule has 31 heavy (non-hydrogen) atoms. The number of nitrogens with two attached hydrogens (primary N) is 1. The molecule has 160 valence electrons. The number of anilines is 2. The Balaban J connectivity index is 1.52. The first-order valence-corrected chi connectivity index (χ1v) is 10.4. The predicted molar refractivity (Wildman–Crippen MR) is 119 cm³/mol. The van der Waals surface area contributed by atoms with Gasteiger partial charge >= 0.3 is 0 Å². The summed E-state index contributed by atoms with van der Waals surface area (Å²) in [5.74, 6) is 0.395. The van der Waals surface area contributed by atoms with Crippen molar-refractivity contribution in [2.24, 2.45) is 11.7 Å². The number of para-hydroxylation sites is 2. The van der Waals surface area contributed by atoms with E-state index >= 15 is 0 Å². The van der Waals surface area contributed by atoms with E-state index < -0.39 is 5.91 Å². The Morgan fingerprint density at radius 1 is 1.13 bits per heavy atom. The molecule has 0 radical (unpaired) electrons. The van der Waals surface area contributed by atoms with Gasteiger partial charge in [-0.1, -0.05) is 12.1 Å². The lowest BCUT2D eigenvalue weighted by atomic mass is 9.97. The summed E-state index contributed by atoms with van der Waals surface area (Å²) in [6.07, 6.45) is 1.64. The van der Waals surface area contributed by atoms with Crippen molar-refractivity contribution in [3.05, 3.63) is 54.1 Å². The molecule has 0 unspecified atom stereocenters. The fourth-order valence-corrected chi connectivity index (χ4v) is 3.76. The molecule has 1 atom stereocenters. The van der Waals surface area contributed by atoms with Crippen LogP contribution in [0.1, 0.15) is 30.1 Å². The van der Waals surface area contributed by atoms with E-state index in [2.05, 4.69) is 15.2 Å². The first-order valence-electron chi connectivity index (χ1n) is 10.4. The maximum absolute atomic E-state index is 12.9. The monoisotopic (exact) mass is 419 g/mol. The molecule has 1 saturated heterocycles. The molecule has 0 saturated carbocycles. The van der Waals surface area contributed by atoms with Crippen LogP contribution in [0, 0.1) is 5.92 Å². The number of hydrogen-bond acceptors (Lipinski definition) is 6. The number of aromatic nitrogens is 2. The van der Waals surface area contributed by atoms with Gasteiger partial charge in [-0.2, -0.15) is 0 Å². The molecular formula is C23H25N5O3. The van der Waals surface area contributed by atoms with Gasteiger partial charge in [-0.3, -0.25) is 9.59 Å². The average Bonchev–Trinajstić information content (AvgIpc) is 2.79. The largest absolute Gasteiger partial charge is 0.475 e. The van der Waals surface area contributed by atoms with Gasteiger partial charge in [0.1, 0.15) is 0 Å². The highest BCUT2D eigenvalue weighted by Crippen LogP contribution is 2.31. The summed E-state index contributed by atoms with van der Waals surface area (Å²) >= 11 is 0. The topological polar surface area (TPSA) is 110 Å². The van der Waals surface area contributed by atoms with Crippen molar-refractivity contribution in [3.63, 3.8) is 0 Å². The van der Waals surface area contributed by atoms with Crippen LogP contribution in [0.15, 0.2) is 48.5 Å². The first kappa shape index (κ1) is 20.6. The molecule has 0 spiro atoms. The zero-order valence-electron chi connectivity index (χ0n) is 17.4. The molecule has 3 N–H and O–H groups in total. The van der Waals surface area contributed by atoms with Crippen molar-refractivity contribution < 1.29 is 14.3 Å². The van der Waals surface area contributed by atoms with E-state index in [0.717, 1.165) is 30.4 Å². The second-order valence-electron chi connectivity index (χ2n) is 7.49. The summed E-state index contributed by atoms with van der Waals surface area (Å²) in [5.41, 5.74) is 7.87. The maximum Gasteiger partial charge on any atom is 0.258 e. The van der Waals surface area contributed by atoms with Crippen molar-refractivity contribution in [1.29, 1.82) is 0 Å². The molecule has 8 heteroatoms. The van der Waals surface area contributed by atoms with Gasteiger partial charge in [-0.05, 0) is 56.2 Å². The van der Waals surface area contributed by atoms with Crippen LogP contribution in [-0.4, -0.2) is 41.5 Å². The number of nitrogens with one attached hydrogen (secondary N) is 1. The Kier molecular flexibility index (Phi) is 5.97. The van der Waals surface area contributed by atoms with Gasteiger partial charge in [-0.15, -0.1) is 0 Å². The molecule has 1 aromatic heterocycles. The highest BCUT2D eigenvalue weighted by Gasteiger charge is 2.29. The van der Waals surface area contributed by atoms with E-state index in [4.69, 9.17) is 15.5 Å². The van der Waals surface area contributed by atoms with Gasteiger partial charge in [-0.25, -0.2) is 9.97 Å². The number of carbonyl (C=O) groups is 2. The SMILES string of the molecule is CCOc1nc2ccccc2nc1N1CCC[C@H](C(=O)Nc2ccc(C(N)=O)cc2)C1. The van der Waals surface area contributed by atoms with E-state index in [1.54, 1.807) is 24.3 Å². The van der Waals surface area contributed by atoms with E-state index in [0.29, 0.717) is 36.1 Å². The molecule has 2 heterocycles. The fourth-order valence-electron chi connectivity index (χ4n) is 3.76. The van der Waals surface area contributed by atoms with Crippen LogP contribution in [0.5, 0.6) is 5.88 Å². The zero-order chi connectivity index (χ0) is 21.8. The quantitative estimate of drug-likeness (QED) is 0.636. The number of ether oxygens (including phenoxy) is 1. The van der Waals surface area contributed by atoms with Crippen LogP contribution >= 0.6 is 0 Å². The molecule has 1 aliphatic heterocycles. The van der Waals surface area contributed by atoms with E-state index in [1.165, 1.54) is 0 Å². The van der Waals surface area contributed by atoms with Gasteiger partial charge in [0.2, 0.25) is 11.8 Å². The molecule has 0 aliphatic carbocycles. The Morgan fingerprint density at radius 2 is 1.84 bits per heavy atom. The molecular weight excluding hydrogens is 394 g/mol. The number of benzene rings is 2. The van der Waals surface area contributed by atoms with Gasteiger partial charge in [0.15, 0.2) is 5.82 Å². The molecule has 4 rings (SSSR count). The Morgan fingerprint density at radius 3 is 2.52 bits per heavy atom. The van der Waals surface area contributed by atoms with Crippen LogP contribution in [0.25, 0.3) is 11.0 Å². The molecule has 1 fully saturated rings. The molecule has 8 nitrogen and oxygen atoms in total. The lowest BCUT2D eigenvalue weighted by molar-refractivity contribution is -0.120. The third-order valence-corrected chi connectivity index (χ3v) is 5.33. The predicted octanol–water partition coefficient (Wildman–Crippen LogP) is 2.98. The Bertz CT molecular complexity index is 1100. The normalized spacial score (nSPS) is 16.2. The first-order chi connectivity index (χ1) is 15.0. The second kappa shape index (κ2) is 8.99. The zero-order valence-corrected chi connectivity index (χ0v) is 17.4. The number of primary amides is 1. The number of piperidine rings is 1. The van der Waals surface area contributed by atoms with Crippen molar-refractivity contribution in [2.75, 3.05) is 29.9 Å². The third-order valence-electron chi connectivity index (χ3n) is 5.33. The average molecular weight is 419 g/mol. The number of carbonyl (C=O) groups excluding carboxylic acids is 2. The Labute approximate surface area is 180 Å². The number of amides is 2. The highest BCUT2D eigenvalue weighted by atomic mass is 16.5. The fraction of sp³-hybridized carbons (Fsp3) is 0.304. The number of nitrogens with zero attached hydrogens (tertiary/aromatic N) is 3. The lowest BCUT2D eigenvalue weighted by Gasteiger charge is -2.33. The smallest absolute Gasteiger partial charge is 0.258 e. The van der Waals surface area contributed by atoms with Crippen molar-refractivity contribution >= 4 is 34.4 Å². The van der Waals surface area contributed by atoms with Gasteiger partial charge < -0.3 is 20.7 Å². The third kappa shape index (κ3) is 4.58. The summed E-state index contributed by atoms with van der Waals surface area (Å²) in [6.45, 7) is 3.71. The summed E-state index contributed by atoms with van der Waals surface area (Å²) in [5, 5.41) is 2.93. The van der Waals surface area contributed by atoms with Crippen LogP contribution in [0.4, 0.5) is 11.5 Å². The van der Waals surface area contributed by atoms with Gasteiger partial charge in [0.05, 0.1) is 23.6 Å². The van der Waals surface area contributed by atoms with Crippen molar-refractivity contribution in [2.45, 2.75) is 19.8 Å². The summed E-state index contributed by atoms with van der Waals surface area (Å²) in [7, 11) is 0. The number of fused-ring (bicyclic) bond motifs is 1.